The van der Waals surface area contributed by atoms with Crippen molar-refractivity contribution < 1.29 is 0 Å². The zero-order valence-electron chi connectivity index (χ0n) is 7.90. The van der Waals surface area contributed by atoms with Gasteiger partial charge in [0.25, 0.3) is 0 Å². The van der Waals surface area contributed by atoms with Crippen molar-refractivity contribution in [3.8, 4) is 0 Å². The molecule has 1 N–H and O–H groups in total. The van der Waals surface area contributed by atoms with Gasteiger partial charge in [-0.2, -0.15) is 0 Å². The van der Waals surface area contributed by atoms with E-state index >= 15 is 0 Å². The Bertz CT molecular complexity index is 283. The fourth-order valence-electron chi connectivity index (χ4n) is 1.41. The second kappa shape index (κ2) is 4.91. The van der Waals surface area contributed by atoms with Gasteiger partial charge < -0.3 is 5.32 Å². The van der Waals surface area contributed by atoms with Crippen LogP contribution in [-0.4, -0.2) is 7.05 Å². The highest BCUT2D eigenvalue weighted by atomic mass is 79.9. The van der Waals surface area contributed by atoms with Gasteiger partial charge in [0.2, 0.25) is 0 Å². The lowest BCUT2D eigenvalue weighted by Gasteiger charge is -2.19. The molecule has 1 nitrogen and oxygen atoms in total. The SMILES string of the molecule is CNC(c1cc(Br)sc1Br)C(C)C. The molecule has 0 fully saturated rings. The summed E-state index contributed by atoms with van der Waals surface area (Å²) in [4.78, 5) is 0. The summed E-state index contributed by atoms with van der Waals surface area (Å²) >= 11 is 8.79. The summed E-state index contributed by atoms with van der Waals surface area (Å²) in [5.41, 5.74) is 1.34. The summed E-state index contributed by atoms with van der Waals surface area (Å²) in [7, 11) is 2.00. The summed E-state index contributed by atoms with van der Waals surface area (Å²) in [5, 5.41) is 3.33. The first kappa shape index (κ1) is 11.7. The number of hydrogen-bond acceptors (Lipinski definition) is 2. The molecule has 1 heterocycles. The Morgan fingerprint density at radius 2 is 2.00 bits per heavy atom. The summed E-state index contributed by atoms with van der Waals surface area (Å²) < 4.78 is 2.39. The van der Waals surface area contributed by atoms with Crippen LogP contribution < -0.4 is 5.32 Å². The lowest BCUT2D eigenvalue weighted by molar-refractivity contribution is 0.443. The molecular weight excluding hydrogens is 314 g/mol. The maximum absolute atomic E-state index is 3.58. The van der Waals surface area contributed by atoms with Crippen LogP contribution >= 0.6 is 43.2 Å². The van der Waals surface area contributed by atoms with E-state index in [4.69, 9.17) is 0 Å². The third-order valence-corrected chi connectivity index (χ3v) is 4.38. The number of nitrogens with one attached hydrogen (secondary N) is 1. The monoisotopic (exact) mass is 325 g/mol. The molecule has 0 aliphatic rings. The van der Waals surface area contributed by atoms with Crippen LogP contribution in [0.15, 0.2) is 13.6 Å². The molecular formula is C9H13Br2NS. The van der Waals surface area contributed by atoms with Gasteiger partial charge in [-0.15, -0.1) is 11.3 Å². The third kappa shape index (κ3) is 2.78. The largest absolute Gasteiger partial charge is 0.313 e. The molecule has 13 heavy (non-hydrogen) atoms. The van der Waals surface area contributed by atoms with E-state index in [-0.39, 0.29) is 0 Å². The molecule has 0 saturated carbocycles. The predicted octanol–water partition coefficient (Wildman–Crippen LogP) is 4.19. The van der Waals surface area contributed by atoms with Crippen molar-refractivity contribution in [1.29, 1.82) is 0 Å². The molecule has 0 saturated heterocycles. The molecule has 1 aromatic heterocycles. The van der Waals surface area contributed by atoms with E-state index in [0.717, 1.165) is 0 Å². The highest BCUT2D eigenvalue weighted by molar-refractivity contribution is 9.12. The molecule has 0 amide bonds. The molecule has 0 spiro atoms. The van der Waals surface area contributed by atoms with Crippen LogP contribution in [0.25, 0.3) is 0 Å². The summed E-state index contributed by atoms with van der Waals surface area (Å²) in [6.45, 7) is 4.44. The van der Waals surface area contributed by atoms with Crippen LogP contribution in [0, 0.1) is 5.92 Å². The first-order valence-corrected chi connectivity index (χ1v) is 6.58. The molecule has 1 aromatic rings. The van der Waals surface area contributed by atoms with Crippen LogP contribution in [0.2, 0.25) is 0 Å². The van der Waals surface area contributed by atoms with Gasteiger partial charge in [-0.1, -0.05) is 13.8 Å². The van der Waals surface area contributed by atoms with E-state index in [0.29, 0.717) is 12.0 Å². The van der Waals surface area contributed by atoms with Crippen molar-refractivity contribution in [1.82, 2.24) is 5.32 Å². The Morgan fingerprint density at radius 1 is 1.38 bits per heavy atom. The van der Waals surface area contributed by atoms with Gasteiger partial charge in [0.1, 0.15) is 0 Å². The summed E-state index contributed by atoms with van der Waals surface area (Å²) in [6.07, 6.45) is 0. The molecule has 1 rings (SSSR count). The Morgan fingerprint density at radius 3 is 2.31 bits per heavy atom. The van der Waals surface area contributed by atoms with Crippen LogP contribution in [0.1, 0.15) is 25.5 Å². The van der Waals surface area contributed by atoms with Gasteiger partial charge in [0.05, 0.1) is 7.57 Å². The van der Waals surface area contributed by atoms with Crippen molar-refractivity contribution in [3.05, 3.63) is 19.2 Å². The lowest BCUT2D eigenvalue weighted by atomic mass is 9.99. The van der Waals surface area contributed by atoms with Crippen molar-refractivity contribution in [3.63, 3.8) is 0 Å². The van der Waals surface area contributed by atoms with Gasteiger partial charge in [-0.3, -0.25) is 0 Å². The second-order valence-electron chi connectivity index (χ2n) is 3.29. The highest BCUT2D eigenvalue weighted by Crippen LogP contribution is 2.37. The third-order valence-electron chi connectivity index (χ3n) is 2.00. The van der Waals surface area contributed by atoms with Gasteiger partial charge in [-0.05, 0) is 56.5 Å². The molecule has 0 aliphatic carbocycles. The standard InChI is InChI=1S/C9H13Br2NS/c1-5(2)8(12-3)6-4-7(10)13-9(6)11/h4-5,8,12H,1-3H3. The van der Waals surface area contributed by atoms with Crippen molar-refractivity contribution in [2.24, 2.45) is 5.92 Å². The van der Waals surface area contributed by atoms with Gasteiger partial charge in [-0.25, -0.2) is 0 Å². The van der Waals surface area contributed by atoms with E-state index in [2.05, 4.69) is 57.1 Å². The second-order valence-corrected chi connectivity index (χ2v) is 7.04. The predicted molar refractivity (Wildman–Crippen MR) is 66.4 cm³/mol. The Hall–Kier alpha value is 0.620. The van der Waals surface area contributed by atoms with Crippen molar-refractivity contribution in [2.75, 3.05) is 7.05 Å². The minimum atomic E-state index is 0.428. The fraction of sp³-hybridized carbons (Fsp3) is 0.556. The Labute approximate surface area is 100 Å². The van der Waals surface area contributed by atoms with E-state index in [1.807, 2.05) is 7.05 Å². The zero-order valence-corrected chi connectivity index (χ0v) is 11.9. The normalized spacial score (nSPS) is 13.7. The van der Waals surface area contributed by atoms with E-state index in [9.17, 15) is 0 Å². The Balaban J connectivity index is 2.97. The highest BCUT2D eigenvalue weighted by Gasteiger charge is 2.18. The molecule has 1 atom stereocenters. The quantitative estimate of drug-likeness (QED) is 0.878. The smallest absolute Gasteiger partial charge is 0.0758 e. The van der Waals surface area contributed by atoms with Crippen molar-refractivity contribution in [2.45, 2.75) is 19.9 Å². The Kier molecular flexibility index (Phi) is 4.42. The molecule has 0 aromatic carbocycles. The fourth-order valence-corrected chi connectivity index (χ4v) is 4.34. The van der Waals surface area contributed by atoms with Crippen LogP contribution in [0.5, 0.6) is 0 Å². The maximum Gasteiger partial charge on any atom is 0.0758 e. The van der Waals surface area contributed by atoms with Gasteiger partial charge >= 0.3 is 0 Å². The number of hydrogen-bond donors (Lipinski definition) is 1. The first-order chi connectivity index (χ1) is 6.06. The van der Waals surface area contributed by atoms with Gasteiger partial charge in [0.15, 0.2) is 0 Å². The van der Waals surface area contributed by atoms with E-state index in [1.165, 1.54) is 13.1 Å². The van der Waals surface area contributed by atoms with E-state index in [1.54, 1.807) is 11.3 Å². The number of halogens is 2. The molecule has 74 valence electrons. The van der Waals surface area contributed by atoms with Crippen LogP contribution in [0.4, 0.5) is 0 Å². The number of thiophene rings is 1. The molecule has 0 aliphatic heterocycles. The van der Waals surface area contributed by atoms with Crippen LogP contribution in [0.3, 0.4) is 0 Å². The summed E-state index contributed by atoms with van der Waals surface area (Å²) in [5.74, 6) is 0.600. The molecule has 0 bridgehead atoms. The van der Waals surface area contributed by atoms with Crippen molar-refractivity contribution >= 4 is 43.2 Å². The summed E-state index contributed by atoms with van der Waals surface area (Å²) in [6, 6.07) is 2.60. The van der Waals surface area contributed by atoms with E-state index < -0.39 is 0 Å². The molecule has 0 radical (unpaired) electrons. The average molecular weight is 327 g/mol. The molecule has 1 unspecified atom stereocenters. The van der Waals surface area contributed by atoms with Crippen LogP contribution in [-0.2, 0) is 0 Å². The maximum atomic E-state index is 3.58. The minimum Gasteiger partial charge on any atom is -0.313 e. The lowest BCUT2D eigenvalue weighted by Crippen LogP contribution is -2.21. The minimum absolute atomic E-state index is 0.428. The number of rotatable bonds is 3. The zero-order chi connectivity index (χ0) is 10.0. The molecule has 4 heteroatoms. The first-order valence-electron chi connectivity index (χ1n) is 4.18. The van der Waals surface area contributed by atoms with Gasteiger partial charge in [0, 0.05) is 6.04 Å². The average Bonchev–Trinajstić information content (AvgIpc) is 2.31. The topological polar surface area (TPSA) is 12.0 Å².